The van der Waals surface area contributed by atoms with E-state index in [1.165, 1.54) is 4.90 Å². The van der Waals surface area contributed by atoms with Crippen LogP contribution in [0.1, 0.15) is 13.8 Å². The second kappa shape index (κ2) is 6.72. The van der Waals surface area contributed by atoms with Crippen LogP contribution in [-0.4, -0.2) is 19.2 Å². The maximum absolute atomic E-state index is 11.7. The maximum Gasteiger partial charge on any atom is 0.302 e. The predicted molar refractivity (Wildman–Crippen MR) is 86.9 cm³/mol. The molecule has 22 heavy (non-hydrogen) atoms. The Hall–Kier alpha value is -2.87. The third kappa shape index (κ3) is 3.61. The molecular formula is C17H19N3O2. The lowest BCUT2D eigenvalue weighted by molar-refractivity contribution is -0.113. The molecule has 1 aromatic rings. The normalized spacial score (nSPS) is 16.4. The number of benzene rings is 1. The van der Waals surface area contributed by atoms with E-state index in [0.717, 1.165) is 11.3 Å². The summed E-state index contributed by atoms with van der Waals surface area (Å²) in [5, 5.41) is 3.08. The number of anilines is 1. The number of hydrogen-bond acceptors (Lipinski definition) is 4. The number of ether oxygens (including phenoxy) is 1. The van der Waals surface area contributed by atoms with Gasteiger partial charge in [0.1, 0.15) is 5.75 Å². The van der Waals surface area contributed by atoms with Crippen LogP contribution in [0.2, 0.25) is 0 Å². The van der Waals surface area contributed by atoms with Crippen LogP contribution in [0.25, 0.3) is 0 Å². The summed E-state index contributed by atoms with van der Waals surface area (Å²) in [6.07, 6.45) is 3.33. The standard InChI is InChI=1S/C17H19N3O2/c1-4-5-16(21)20(3)13-6-8-14(9-7-13)22-17-15(18)10-12(2)11-19-17/h6-11,17,19H,18H2,1-3H3. The van der Waals surface area contributed by atoms with Gasteiger partial charge in [-0.3, -0.25) is 4.79 Å². The summed E-state index contributed by atoms with van der Waals surface area (Å²) in [6.45, 7) is 3.59. The van der Waals surface area contributed by atoms with E-state index in [-0.39, 0.29) is 12.1 Å². The lowest BCUT2D eigenvalue weighted by Gasteiger charge is -2.23. The molecule has 0 radical (unpaired) electrons. The Morgan fingerprint density at radius 2 is 2.05 bits per heavy atom. The highest BCUT2D eigenvalue weighted by atomic mass is 16.5. The van der Waals surface area contributed by atoms with E-state index >= 15 is 0 Å². The number of carbonyl (C=O) groups is 1. The molecular weight excluding hydrogens is 278 g/mol. The lowest BCUT2D eigenvalue weighted by atomic mass is 10.2. The molecule has 0 aromatic heterocycles. The van der Waals surface area contributed by atoms with Crippen molar-refractivity contribution < 1.29 is 9.53 Å². The monoisotopic (exact) mass is 297 g/mol. The van der Waals surface area contributed by atoms with Gasteiger partial charge in [0.2, 0.25) is 6.23 Å². The Morgan fingerprint density at radius 1 is 1.36 bits per heavy atom. The number of hydrogen-bond donors (Lipinski definition) is 2. The smallest absolute Gasteiger partial charge is 0.302 e. The number of amides is 1. The highest BCUT2D eigenvalue weighted by Crippen LogP contribution is 2.21. The second-order valence-corrected chi connectivity index (χ2v) is 4.93. The van der Waals surface area contributed by atoms with Crippen molar-refractivity contribution in [3.05, 3.63) is 47.8 Å². The van der Waals surface area contributed by atoms with E-state index in [0.29, 0.717) is 11.4 Å². The number of nitrogens with one attached hydrogen (secondary N) is 1. The largest absolute Gasteiger partial charge is 0.465 e. The minimum absolute atomic E-state index is 0.252. The highest BCUT2D eigenvalue weighted by molar-refractivity contribution is 6.05. The molecule has 0 bridgehead atoms. The van der Waals surface area contributed by atoms with Gasteiger partial charge in [-0.05, 0) is 55.7 Å². The molecule has 0 saturated carbocycles. The zero-order valence-corrected chi connectivity index (χ0v) is 12.9. The number of dihydropyridines is 1. The Morgan fingerprint density at radius 3 is 2.64 bits per heavy atom. The van der Waals surface area contributed by atoms with Gasteiger partial charge in [0.05, 0.1) is 5.70 Å². The van der Waals surface area contributed by atoms with Crippen LogP contribution in [0.4, 0.5) is 5.69 Å². The van der Waals surface area contributed by atoms with Crippen LogP contribution in [0.3, 0.4) is 0 Å². The van der Waals surface area contributed by atoms with Crippen LogP contribution < -0.4 is 20.7 Å². The Balaban J connectivity index is 2.05. The molecule has 0 saturated heterocycles. The molecule has 1 unspecified atom stereocenters. The first-order valence-electron chi connectivity index (χ1n) is 6.88. The molecule has 114 valence electrons. The van der Waals surface area contributed by atoms with Crippen LogP contribution in [0.5, 0.6) is 5.75 Å². The third-order valence-corrected chi connectivity index (χ3v) is 3.17. The fourth-order valence-electron chi connectivity index (χ4n) is 1.98. The van der Waals surface area contributed by atoms with Crippen molar-refractivity contribution in [3.8, 4) is 17.6 Å². The van der Waals surface area contributed by atoms with Gasteiger partial charge in [0.25, 0.3) is 0 Å². The van der Waals surface area contributed by atoms with Gasteiger partial charge in [-0.2, -0.15) is 0 Å². The Kier molecular flexibility index (Phi) is 4.74. The minimum atomic E-state index is -0.389. The molecule has 5 nitrogen and oxygen atoms in total. The molecule has 0 fully saturated rings. The van der Waals surface area contributed by atoms with Gasteiger partial charge in [-0.1, -0.05) is 5.92 Å². The summed E-state index contributed by atoms with van der Waals surface area (Å²) in [7, 11) is 1.68. The Labute approximate surface area is 130 Å². The van der Waals surface area contributed by atoms with Gasteiger partial charge < -0.3 is 20.7 Å². The topological polar surface area (TPSA) is 67.6 Å². The van der Waals surface area contributed by atoms with Gasteiger partial charge in [0, 0.05) is 18.9 Å². The fraction of sp³-hybridized carbons (Fsp3) is 0.235. The molecule has 1 atom stereocenters. The summed E-state index contributed by atoms with van der Waals surface area (Å²) in [5.41, 5.74) is 8.35. The van der Waals surface area contributed by atoms with E-state index in [2.05, 4.69) is 17.2 Å². The van der Waals surface area contributed by atoms with Crippen molar-refractivity contribution in [2.24, 2.45) is 5.73 Å². The van der Waals surface area contributed by atoms with Crippen molar-refractivity contribution in [2.75, 3.05) is 11.9 Å². The number of carbonyl (C=O) groups excluding carboxylic acids is 1. The molecule has 0 spiro atoms. The van der Waals surface area contributed by atoms with Crippen molar-refractivity contribution in [3.63, 3.8) is 0 Å². The van der Waals surface area contributed by atoms with Crippen LogP contribution in [-0.2, 0) is 4.79 Å². The van der Waals surface area contributed by atoms with Gasteiger partial charge >= 0.3 is 5.91 Å². The second-order valence-electron chi connectivity index (χ2n) is 4.93. The molecule has 3 N–H and O–H groups in total. The Bertz CT molecular complexity index is 678. The van der Waals surface area contributed by atoms with Crippen molar-refractivity contribution in [2.45, 2.75) is 20.1 Å². The fourth-order valence-corrected chi connectivity index (χ4v) is 1.98. The van der Waals surface area contributed by atoms with Crippen LogP contribution >= 0.6 is 0 Å². The summed E-state index contributed by atoms with van der Waals surface area (Å²) in [5.74, 6) is 5.50. The highest BCUT2D eigenvalue weighted by Gasteiger charge is 2.15. The minimum Gasteiger partial charge on any atom is -0.465 e. The summed E-state index contributed by atoms with van der Waals surface area (Å²) >= 11 is 0. The first-order chi connectivity index (χ1) is 10.5. The van der Waals surface area contributed by atoms with E-state index in [1.807, 2.05) is 19.2 Å². The third-order valence-electron chi connectivity index (χ3n) is 3.17. The molecule has 5 heteroatoms. The number of nitrogens with zero attached hydrogens (tertiary/aromatic N) is 1. The van der Waals surface area contributed by atoms with E-state index < -0.39 is 0 Å². The SMILES string of the molecule is CC#CC(=O)N(C)c1ccc(OC2NC=C(C)C=C2N)cc1. The van der Waals surface area contributed by atoms with Crippen molar-refractivity contribution >= 4 is 11.6 Å². The number of rotatable bonds is 3. The maximum atomic E-state index is 11.7. The predicted octanol–water partition coefficient (Wildman–Crippen LogP) is 1.73. The number of allylic oxidation sites excluding steroid dienone is 2. The van der Waals surface area contributed by atoms with Crippen molar-refractivity contribution in [1.82, 2.24) is 5.32 Å². The first kappa shape index (κ1) is 15.5. The molecule has 1 aliphatic rings. The van der Waals surface area contributed by atoms with Crippen molar-refractivity contribution in [1.29, 1.82) is 0 Å². The summed E-state index contributed by atoms with van der Waals surface area (Å²) < 4.78 is 5.78. The first-order valence-corrected chi connectivity index (χ1v) is 6.88. The summed E-state index contributed by atoms with van der Waals surface area (Å²) in [4.78, 5) is 13.2. The molecule has 0 aliphatic carbocycles. The van der Waals surface area contributed by atoms with Gasteiger partial charge in [0.15, 0.2) is 0 Å². The van der Waals surface area contributed by atoms with E-state index in [9.17, 15) is 4.79 Å². The quantitative estimate of drug-likeness (QED) is 0.834. The molecule has 1 heterocycles. The average Bonchev–Trinajstić information content (AvgIpc) is 2.50. The lowest BCUT2D eigenvalue weighted by Crippen LogP contribution is -2.38. The molecule has 1 aliphatic heterocycles. The van der Waals surface area contributed by atoms with Gasteiger partial charge in [-0.25, -0.2) is 0 Å². The molecule has 1 amide bonds. The van der Waals surface area contributed by atoms with Crippen LogP contribution in [0, 0.1) is 11.8 Å². The van der Waals surface area contributed by atoms with E-state index in [4.69, 9.17) is 10.5 Å². The number of nitrogens with two attached hydrogens (primary N) is 1. The summed E-state index contributed by atoms with van der Waals surface area (Å²) in [6, 6.07) is 7.18. The molecule has 2 rings (SSSR count). The zero-order valence-electron chi connectivity index (χ0n) is 12.9. The average molecular weight is 297 g/mol. The van der Waals surface area contributed by atoms with Crippen LogP contribution in [0.15, 0.2) is 47.8 Å². The van der Waals surface area contributed by atoms with E-state index in [1.54, 1.807) is 38.2 Å². The zero-order chi connectivity index (χ0) is 16.1. The molecule has 1 aromatic carbocycles. The van der Waals surface area contributed by atoms with Gasteiger partial charge in [-0.15, -0.1) is 0 Å².